The molecule has 9 nitrogen and oxygen atoms in total. The van der Waals surface area contributed by atoms with E-state index in [2.05, 4.69) is 17.2 Å². The Kier molecular flexibility index (Phi) is 7.82. The largest absolute Gasteiger partial charge is 0.490 e. The Balaban J connectivity index is 0.000000451. The summed E-state index contributed by atoms with van der Waals surface area (Å²) >= 11 is 0. The van der Waals surface area contributed by atoms with Crippen molar-refractivity contribution in [1.82, 2.24) is 14.5 Å². The Morgan fingerprint density at radius 3 is 2.50 bits per heavy atom. The minimum atomic E-state index is -5.08. The quantitative estimate of drug-likeness (QED) is 0.360. The second-order valence-electron chi connectivity index (χ2n) is 6.88. The van der Waals surface area contributed by atoms with Crippen LogP contribution in [0.1, 0.15) is 37.3 Å². The number of halogens is 3. The van der Waals surface area contributed by atoms with Gasteiger partial charge in [-0.3, -0.25) is 24.0 Å². The number of imide groups is 1. The third kappa shape index (κ3) is 5.76. The predicted molar refractivity (Wildman–Crippen MR) is 107 cm³/mol. The van der Waals surface area contributed by atoms with Gasteiger partial charge >= 0.3 is 17.8 Å². The van der Waals surface area contributed by atoms with Crippen LogP contribution in [0, 0.1) is 11.8 Å². The molecule has 0 bridgehead atoms. The lowest BCUT2D eigenvalue weighted by atomic mass is 10.1. The summed E-state index contributed by atoms with van der Waals surface area (Å²) < 4.78 is 34.7. The van der Waals surface area contributed by atoms with E-state index in [1.807, 2.05) is 12.1 Å². The van der Waals surface area contributed by atoms with Crippen molar-refractivity contribution < 1.29 is 32.7 Å². The average Bonchev–Trinajstić information content (AvgIpc) is 2.96. The number of hydrogen-bond donors (Lipinski definition) is 3. The number of alkyl halides is 3. The smallest absolute Gasteiger partial charge is 0.475 e. The Morgan fingerprint density at radius 1 is 1.28 bits per heavy atom. The number of carbonyl (C=O) groups excluding carboxylic acids is 2. The van der Waals surface area contributed by atoms with Crippen molar-refractivity contribution in [2.24, 2.45) is 12.8 Å². The van der Waals surface area contributed by atoms with Gasteiger partial charge in [-0.2, -0.15) is 13.2 Å². The highest BCUT2D eigenvalue weighted by molar-refractivity contribution is 6.00. The zero-order valence-corrected chi connectivity index (χ0v) is 17.0. The van der Waals surface area contributed by atoms with Gasteiger partial charge in [-0.25, -0.2) is 9.59 Å². The van der Waals surface area contributed by atoms with Crippen molar-refractivity contribution in [1.29, 1.82) is 0 Å². The summed E-state index contributed by atoms with van der Waals surface area (Å²) in [5.74, 6) is 2.63. The van der Waals surface area contributed by atoms with E-state index in [9.17, 15) is 27.6 Å². The molecule has 1 aliphatic rings. The molecule has 1 atom stereocenters. The van der Waals surface area contributed by atoms with Gasteiger partial charge < -0.3 is 10.8 Å². The summed E-state index contributed by atoms with van der Waals surface area (Å²) in [5, 5.41) is 9.43. The fourth-order valence-electron chi connectivity index (χ4n) is 3.03. The molecule has 1 unspecified atom stereocenters. The first kappa shape index (κ1) is 24.7. The van der Waals surface area contributed by atoms with Crippen molar-refractivity contribution in [2.75, 3.05) is 6.54 Å². The Bertz CT molecular complexity index is 1150. The summed E-state index contributed by atoms with van der Waals surface area (Å²) in [6, 6.07) is 4.80. The number of fused-ring (bicyclic) bond motifs is 1. The van der Waals surface area contributed by atoms with E-state index in [1.165, 1.54) is 9.13 Å². The van der Waals surface area contributed by atoms with Crippen LogP contribution in [-0.2, 0) is 21.4 Å². The lowest BCUT2D eigenvalue weighted by molar-refractivity contribution is -0.192. The molecule has 0 radical (unpaired) electrons. The summed E-state index contributed by atoms with van der Waals surface area (Å²) in [6.45, 7) is 0.608. The van der Waals surface area contributed by atoms with E-state index in [0.717, 1.165) is 18.4 Å². The minimum absolute atomic E-state index is 0.226. The van der Waals surface area contributed by atoms with E-state index in [1.54, 1.807) is 13.1 Å². The number of hydrogen-bond acceptors (Lipinski definition) is 5. The number of rotatable bonds is 3. The monoisotopic (exact) mass is 454 g/mol. The van der Waals surface area contributed by atoms with Gasteiger partial charge in [0.15, 0.2) is 0 Å². The molecule has 1 aromatic carbocycles. The zero-order chi connectivity index (χ0) is 24.1. The van der Waals surface area contributed by atoms with Crippen molar-refractivity contribution >= 4 is 28.8 Å². The maximum atomic E-state index is 12.6. The lowest BCUT2D eigenvalue weighted by Crippen LogP contribution is -2.44. The number of carboxylic acids is 1. The van der Waals surface area contributed by atoms with Crippen LogP contribution in [-0.4, -0.2) is 44.7 Å². The van der Waals surface area contributed by atoms with Crippen LogP contribution in [0.2, 0.25) is 0 Å². The number of nitrogens with zero attached hydrogens (tertiary/aromatic N) is 2. The van der Waals surface area contributed by atoms with E-state index < -0.39 is 24.1 Å². The zero-order valence-electron chi connectivity index (χ0n) is 17.0. The highest BCUT2D eigenvalue weighted by atomic mass is 19.4. The normalized spacial score (nSPS) is 16.0. The average molecular weight is 454 g/mol. The summed E-state index contributed by atoms with van der Waals surface area (Å²) in [6.07, 6.45) is -2.96. The van der Waals surface area contributed by atoms with Crippen molar-refractivity contribution in [3.05, 3.63) is 34.2 Å². The highest BCUT2D eigenvalue weighted by Crippen LogP contribution is 2.23. The van der Waals surface area contributed by atoms with Gasteiger partial charge in [-0.05, 0) is 37.6 Å². The number of benzene rings is 1. The Morgan fingerprint density at radius 2 is 1.94 bits per heavy atom. The maximum Gasteiger partial charge on any atom is 0.490 e. The number of aliphatic carboxylic acids is 1. The third-order valence-corrected chi connectivity index (χ3v) is 4.59. The molecule has 12 heteroatoms. The lowest BCUT2D eigenvalue weighted by Gasteiger charge is -2.21. The van der Waals surface area contributed by atoms with Crippen LogP contribution in [0.25, 0.3) is 11.0 Å². The molecular formula is C20H21F3N4O5. The number of nitrogens with one attached hydrogen (secondary N) is 1. The molecule has 1 fully saturated rings. The van der Waals surface area contributed by atoms with Crippen LogP contribution in [0.5, 0.6) is 0 Å². The van der Waals surface area contributed by atoms with Crippen LogP contribution in [0.3, 0.4) is 0 Å². The number of aryl methyl sites for hydroxylation is 1. The number of carbonyl (C=O) groups is 3. The predicted octanol–water partition coefficient (Wildman–Crippen LogP) is 1.04. The molecule has 0 saturated carbocycles. The number of carboxylic acid groups (broad SMARTS) is 1. The molecule has 1 aliphatic heterocycles. The number of aromatic nitrogens is 2. The standard InChI is InChI=1S/C18H20N4O3.C2HF3O2/c1-21-15-11-12(5-3-2-4-10-19)6-7-13(15)22(18(21)25)14-8-9-16(23)20-17(14)24;3-2(4,5)1(6)7/h6-7,11,14H,2,4,8-10,19H2,1H3,(H,20,23,24);(H,6,7). The highest BCUT2D eigenvalue weighted by Gasteiger charge is 2.38. The third-order valence-electron chi connectivity index (χ3n) is 4.59. The molecule has 1 saturated heterocycles. The number of amides is 2. The van der Waals surface area contributed by atoms with Crippen molar-refractivity contribution in [3.63, 3.8) is 0 Å². The molecular weight excluding hydrogens is 433 g/mol. The number of piperidine rings is 1. The van der Waals surface area contributed by atoms with Gasteiger partial charge in [0.05, 0.1) is 11.0 Å². The SMILES string of the molecule is Cn1c(=O)n(C2CCC(=O)NC2=O)c2ccc(C#CCCCN)cc21.O=C(O)C(F)(F)F. The van der Waals surface area contributed by atoms with Crippen LogP contribution < -0.4 is 16.7 Å². The van der Waals surface area contributed by atoms with Gasteiger partial charge in [0.25, 0.3) is 0 Å². The second-order valence-corrected chi connectivity index (χ2v) is 6.88. The van der Waals surface area contributed by atoms with Crippen molar-refractivity contribution in [3.8, 4) is 11.8 Å². The molecule has 2 heterocycles. The van der Waals surface area contributed by atoms with Crippen LogP contribution >= 0.6 is 0 Å². The van der Waals surface area contributed by atoms with Gasteiger partial charge in [-0.15, -0.1) is 0 Å². The molecule has 4 N–H and O–H groups in total. The van der Waals surface area contributed by atoms with Gasteiger partial charge in [0, 0.05) is 25.5 Å². The van der Waals surface area contributed by atoms with Gasteiger partial charge in [0.2, 0.25) is 11.8 Å². The molecule has 32 heavy (non-hydrogen) atoms. The Labute approximate surface area is 180 Å². The van der Waals surface area contributed by atoms with E-state index >= 15 is 0 Å². The van der Waals surface area contributed by atoms with Crippen LogP contribution in [0.15, 0.2) is 23.0 Å². The van der Waals surface area contributed by atoms with E-state index in [4.69, 9.17) is 15.6 Å². The van der Waals surface area contributed by atoms with Crippen LogP contribution in [0.4, 0.5) is 13.2 Å². The first-order valence-corrected chi connectivity index (χ1v) is 9.51. The first-order chi connectivity index (χ1) is 15.0. The van der Waals surface area contributed by atoms with Crippen molar-refractivity contribution in [2.45, 2.75) is 37.9 Å². The molecule has 0 aliphatic carbocycles. The number of imidazole rings is 1. The molecule has 3 rings (SSSR count). The number of nitrogens with two attached hydrogens (primary N) is 1. The Hall–Kier alpha value is -3.59. The molecule has 2 aromatic rings. The molecule has 0 spiro atoms. The summed E-state index contributed by atoms with van der Waals surface area (Å²) in [7, 11) is 1.67. The second kappa shape index (κ2) is 10.1. The number of unbranched alkanes of at least 4 members (excludes halogenated alkanes) is 1. The fourth-order valence-corrected chi connectivity index (χ4v) is 3.03. The molecule has 172 valence electrons. The summed E-state index contributed by atoms with van der Waals surface area (Å²) in [5.41, 5.74) is 7.35. The first-order valence-electron chi connectivity index (χ1n) is 9.51. The van der Waals surface area contributed by atoms with E-state index in [-0.39, 0.29) is 18.0 Å². The molecule has 1 aromatic heterocycles. The topological polar surface area (TPSA) is 136 Å². The van der Waals surface area contributed by atoms with Gasteiger partial charge in [0.1, 0.15) is 6.04 Å². The summed E-state index contributed by atoms with van der Waals surface area (Å²) in [4.78, 5) is 45.0. The maximum absolute atomic E-state index is 12.6. The van der Waals surface area contributed by atoms with E-state index in [0.29, 0.717) is 24.0 Å². The minimum Gasteiger partial charge on any atom is -0.475 e. The fraction of sp³-hybridized carbons (Fsp3) is 0.400. The van der Waals surface area contributed by atoms with Gasteiger partial charge in [-0.1, -0.05) is 11.8 Å². The molecule has 2 amide bonds.